The van der Waals surface area contributed by atoms with Gasteiger partial charge in [-0.1, -0.05) is 18.2 Å². The number of carboxylic acids is 1. The molecule has 2 N–H and O–H groups in total. The van der Waals surface area contributed by atoms with Crippen molar-refractivity contribution in [2.24, 2.45) is 5.92 Å². The first-order valence-electron chi connectivity index (χ1n) is 7.34. The molecule has 2 rings (SSSR count). The van der Waals surface area contributed by atoms with Crippen LogP contribution in [-0.4, -0.2) is 46.9 Å². The van der Waals surface area contributed by atoms with Crippen molar-refractivity contribution >= 4 is 17.8 Å². The van der Waals surface area contributed by atoms with Gasteiger partial charge in [-0.25, -0.2) is 0 Å². The van der Waals surface area contributed by atoms with Crippen LogP contribution < -0.4 is 5.32 Å². The van der Waals surface area contributed by atoms with Crippen LogP contribution in [0.1, 0.15) is 30.1 Å². The van der Waals surface area contributed by atoms with E-state index in [0.717, 1.165) is 0 Å². The summed E-state index contributed by atoms with van der Waals surface area (Å²) in [7, 11) is 0. The second-order valence-electron chi connectivity index (χ2n) is 5.56. The number of nitrogens with zero attached hydrogens (tertiary/aromatic N) is 1. The Morgan fingerprint density at radius 2 is 1.91 bits per heavy atom. The fourth-order valence-corrected chi connectivity index (χ4v) is 2.61. The Morgan fingerprint density at radius 1 is 1.23 bits per heavy atom. The van der Waals surface area contributed by atoms with Crippen LogP contribution in [0.5, 0.6) is 0 Å². The number of hydrogen-bond donors (Lipinski definition) is 2. The first-order valence-corrected chi connectivity index (χ1v) is 7.34. The molecule has 2 atom stereocenters. The molecule has 6 nitrogen and oxygen atoms in total. The summed E-state index contributed by atoms with van der Waals surface area (Å²) in [6, 6.07) is 8.65. The van der Waals surface area contributed by atoms with E-state index >= 15 is 0 Å². The minimum absolute atomic E-state index is 0.00303. The lowest BCUT2D eigenvalue weighted by Gasteiger charge is -2.36. The Kier molecular flexibility index (Phi) is 5.14. The van der Waals surface area contributed by atoms with Gasteiger partial charge < -0.3 is 15.3 Å². The van der Waals surface area contributed by atoms with Crippen LogP contribution in [0.25, 0.3) is 0 Å². The third-order valence-electron chi connectivity index (χ3n) is 3.99. The fourth-order valence-electron chi connectivity index (χ4n) is 2.61. The van der Waals surface area contributed by atoms with Crippen LogP contribution in [0.3, 0.4) is 0 Å². The highest BCUT2D eigenvalue weighted by Crippen LogP contribution is 2.22. The molecule has 22 heavy (non-hydrogen) atoms. The van der Waals surface area contributed by atoms with Crippen molar-refractivity contribution in [1.82, 2.24) is 10.2 Å². The molecule has 0 aliphatic carbocycles. The van der Waals surface area contributed by atoms with Gasteiger partial charge >= 0.3 is 5.97 Å². The molecule has 0 spiro atoms. The zero-order chi connectivity index (χ0) is 16.1. The molecule has 0 radical (unpaired) electrons. The number of benzene rings is 1. The van der Waals surface area contributed by atoms with E-state index in [1.165, 1.54) is 0 Å². The van der Waals surface area contributed by atoms with E-state index in [2.05, 4.69) is 5.32 Å². The maximum Gasteiger partial charge on any atom is 0.308 e. The van der Waals surface area contributed by atoms with Crippen LogP contribution in [0.15, 0.2) is 30.3 Å². The molecule has 0 bridgehead atoms. The molecule has 1 aliphatic heterocycles. The van der Waals surface area contributed by atoms with Gasteiger partial charge in [0.15, 0.2) is 0 Å². The molecule has 1 aromatic carbocycles. The van der Waals surface area contributed by atoms with Crippen molar-refractivity contribution in [3.8, 4) is 0 Å². The molecular weight excluding hydrogens is 284 g/mol. The smallest absolute Gasteiger partial charge is 0.308 e. The number of nitrogens with one attached hydrogen (secondary N) is 1. The van der Waals surface area contributed by atoms with Gasteiger partial charge in [0.25, 0.3) is 5.91 Å². The van der Waals surface area contributed by atoms with E-state index in [1.807, 2.05) is 13.0 Å². The molecule has 1 saturated heterocycles. The zero-order valence-corrected chi connectivity index (χ0v) is 12.5. The molecule has 118 valence electrons. The summed E-state index contributed by atoms with van der Waals surface area (Å²) in [6.45, 7) is 1.98. The zero-order valence-electron chi connectivity index (χ0n) is 12.5. The number of carbonyl (C=O) groups is 3. The summed E-state index contributed by atoms with van der Waals surface area (Å²) in [4.78, 5) is 36.8. The largest absolute Gasteiger partial charge is 0.481 e. The van der Waals surface area contributed by atoms with Gasteiger partial charge in [0, 0.05) is 18.2 Å². The number of piperidine rings is 1. The van der Waals surface area contributed by atoms with E-state index in [4.69, 9.17) is 5.11 Å². The van der Waals surface area contributed by atoms with Gasteiger partial charge in [-0.05, 0) is 31.9 Å². The molecule has 1 aliphatic rings. The van der Waals surface area contributed by atoms with Crippen molar-refractivity contribution in [2.75, 3.05) is 13.1 Å². The summed E-state index contributed by atoms with van der Waals surface area (Å²) >= 11 is 0. The van der Waals surface area contributed by atoms with Crippen LogP contribution >= 0.6 is 0 Å². The minimum Gasteiger partial charge on any atom is -0.481 e. The third kappa shape index (κ3) is 3.84. The summed E-state index contributed by atoms with van der Waals surface area (Å²) in [5, 5.41) is 11.7. The summed E-state index contributed by atoms with van der Waals surface area (Å²) in [5.41, 5.74) is 0.491. The number of carbonyl (C=O) groups excluding carboxylic acids is 2. The second-order valence-corrected chi connectivity index (χ2v) is 5.56. The molecule has 2 amide bonds. The van der Waals surface area contributed by atoms with Crippen LogP contribution in [0, 0.1) is 5.92 Å². The van der Waals surface area contributed by atoms with Crippen molar-refractivity contribution < 1.29 is 19.5 Å². The van der Waals surface area contributed by atoms with E-state index in [-0.39, 0.29) is 30.9 Å². The lowest BCUT2D eigenvalue weighted by atomic mass is 9.93. The maximum absolute atomic E-state index is 12.2. The van der Waals surface area contributed by atoms with Gasteiger partial charge in [0.05, 0.1) is 12.5 Å². The van der Waals surface area contributed by atoms with Gasteiger partial charge in [-0.2, -0.15) is 0 Å². The average Bonchev–Trinajstić information content (AvgIpc) is 2.53. The quantitative estimate of drug-likeness (QED) is 0.873. The SMILES string of the molecule is CC1CCC(C(=O)O)CN1C(=O)CNC(=O)c1ccccc1. The number of amides is 2. The first kappa shape index (κ1) is 16.0. The monoisotopic (exact) mass is 304 g/mol. The number of hydrogen-bond acceptors (Lipinski definition) is 3. The molecule has 0 aromatic heterocycles. The topological polar surface area (TPSA) is 86.7 Å². The minimum atomic E-state index is -0.877. The summed E-state index contributed by atoms with van der Waals surface area (Å²) < 4.78 is 0. The normalized spacial score (nSPS) is 21.2. The Morgan fingerprint density at radius 3 is 2.55 bits per heavy atom. The molecule has 1 heterocycles. The van der Waals surface area contributed by atoms with E-state index < -0.39 is 11.9 Å². The summed E-state index contributed by atoms with van der Waals surface area (Å²) in [6.07, 6.45) is 1.24. The van der Waals surface area contributed by atoms with Crippen molar-refractivity contribution in [3.05, 3.63) is 35.9 Å². The van der Waals surface area contributed by atoms with Crippen LogP contribution in [-0.2, 0) is 9.59 Å². The summed E-state index contributed by atoms with van der Waals surface area (Å²) in [5.74, 6) is -1.96. The Balaban J connectivity index is 1.91. The predicted octanol–water partition coefficient (Wildman–Crippen LogP) is 1.13. The van der Waals surface area contributed by atoms with Crippen molar-refractivity contribution in [3.63, 3.8) is 0 Å². The molecule has 1 fully saturated rings. The highest BCUT2D eigenvalue weighted by molar-refractivity contribution is 5.96. The second kappa shape index (κ2) is 7.06. The van der Waals surface area contributed by atoms with Gasteiger partial charge in [-0.15, -0.1) is 0 Å². The first-order chi connectivity index (χ1) is 10.5. The Labute approximate surface area is 129 Å². The van der Waals surface area contributed by atoms with Crippen molar-refractivity contribution in [1.29, 1.82) is 0 Å². The predicted molar refractivity (Wildman–Crippen MR) is 80.3 cm³/mol. The fraction of sp³-hybridized carbons (Fsp3) is 0.438. The molecule has 2 unspecified atom stereocenters. The lowest BCUT2D eigenvalue weighted by Crippen LogP contribution is -2.50. The number of likely N-dealkylation sites (tertiary alicyclic amines) is 1. The molecular formula is C16H20N2O4. The third-order valence-corrected chi connectivity index (χ3v) is 3.99. The van der Waals surface area contributed by atoms with E-state index in [0.29, 0.717) is 18.4 Å². The standard InChI is InChI=1S/C16H20N2O4/c1-11-7-8-13(16(21)22)10-18(11)14(19)9-17-15(20)12-5-3-2-4-6-12/h2-6,11,13H,7-10H2,1H3,(H,17,20)(H,21,22). The van der Waals surface area contributed by atoms with Crippen molar-refractivity contribution in [2.45, 2.75) is 25.8 Å². The molecule has 0 saturated carbocycles. The molecule has 1 aromatic rings. The highest BCUT2D eigenvalue weighted by atomic mass is 16.4. The molecule has 6 heteroatoms. The average molecular weight is 304 g/mol. The number of carboxylic acid groups (broad SMARTS) is 1. The highest BCUT2D eigenvalue weighted by Gasteiger charge is 2.32. The van der Waals surface area contributed by atoms with Gasteiger partial charge in [0.1, 0.15) is 0 Å². The Bertz CT molecular complexity index is 559. The lowest BCUT2D eigenvalue weighted by molar-refractivity contribution is -0.146. The van der Waals surface area contributed by atoms with Gasteiger partial charge in [0.2, 0.25) is 5.91 Å². The van der Waals surface area contributed by atoms with E-state index in [9.17, 15) is 14.4 Å². The maximum atomic E-state index is 12.2. The van der Waals surface area contributed by atoms with Crippen LogP contribution in [0.4, 0.5) is 0 Å². The van der Waals surface area contributed by atoms with Crippen LogP contribution in [0.2, 0.25) is 0 Å². The van der Waals surface area contributed by atoms with Gasteiger partial charge in [-0.3, -0.25) is 14.4 Å². The Hall–Kier alpha value is -2.37. The van der Waals surface area contributed by atoms with E-state index in [1.54, 1.807) is 29.2 Å². The number of rotatable bonds is 4. The number of aliphatic carboxylic acids is 1.